The number of rotatable bonds is 7. The van der Waals surface area contributed by atoms with Crippen molar-refractivity contribution >= 4 is 23.8 Å². The highest BCUT2D eigenvalue weighted by Crippen LogP contribution is 2.44. The molecular formula is C31H30N2O7. The van der Waals surface area contributed by atoms with Gasteiger partial charge in [0.2, 0.25) is 18.6 Å². The van der Waals surface area contributed by atoms with E-state index in [1.807, 2.05) is 56.3 Å². The lowest BCUT2D eigenvalue weighted by Gasteiger charge is -2.34. The van der Waals surface area contributed by atoms with E-state index in [2.05, 4.69) is 5.32 Å². The Kier molecular flexibility index (Phi) is 7.46. The highest BCUT2D eigenvalue weighted by Gasteiger charge is 2.40. The Hall–Kier alpha value is -4.79. The van der Waals surface area contributed by atoms with Gasteiger partial charge in [-0.25, -0.2) is 0 Å². The summed E-state index contributed by atoms with van der Waals surface area (Å²) in [5.41, 5.74) is 3.81. The zero-order chi connectivity index (χ0) is 28.4. The van der Waals surface area contributed by atoms with E-state index in [9.17, 15) is 14.4 Å². The maximum atomic E-state index is 13.6. The zero-order valence-corrected chi connectivity index (χ0v) is 22.8. The first kappa shape index (κ1) is 26.8. The van der Waals surface area contributed by atoms with Gasteiger partial charge in [-0.2, -0.15) is 0 Å². The number of ether oxygens (including phenoxy) is 4. The molecule has 1 N–H and O–H groups in total. The number of carbonyl (C=O) groups excluding carboxylic acids is 3. The van der Waals surface area contributed by atoms with Gasteiger partial charge in [0.25, 0.3) is 5.91 Å². The fourth-order valence-corrected chi connectivity index (χ4v) is 4.99. The van der Waals surface area contributed by atoms with E-state index in [0.29, 0.717) is 34.1 Å². The molecule has 0 aliphatic carbocycles. The normalized spacial score (nSPS) is 17.1. The van der Waals surface area contributed by atoms with Crippen molar-refractivity contribution in [1.82, 2.24) is 10.2 Å². The van der Waals surface area contributed by atoms with Crippen LogP contribution >= 0.6 is 0 Å². The lowest BCUT2D eigenvalue weighted by molar-refractivity contribution is -0.152. The number of nitrogens with one attached hydrogen (secondary N) is 1. The number of aryl methyl sites for hydroxylation is 1. The van der Waals surface area contributed by atoms with E-state index in [1.54, 1.807) is 19.2 Å². The first-order valence-corrected chi connectivity index (χ1v) is 12.9. The third-order valence-corrected chi connectivity index (χ3v) is 6.95. The molecule has 40 heavy (non-hydrogen) atoms. The van der Waals surface area contributed by atoms with Gasteiger partial charge in [-0.05, 0) is 48.7 Å². The summed E-state index contributed by atoms with van der Waals surface area (Å²) in [7, 11) is 1.58. The fraction of sp³-hybridized carbons (Fsp3) is 0.258. The Labute approximate surface area is 232 Å². The summed E-state index contributed by atoms with van der Waals surface area (Å²) >= 11 is 0. The Bertz CT molecular complexity index is 1510. The molecule has 0 saturated carbocycles. The van der Waals surface area contributed by atoms with Crippen LogP contribution in [0, 0.1) is 13.8 Å². The minimum atomic E-state index is -0.998. The molecule has 5 rings (SSSR count). The molecule has 2 heterocycles. The van der Waals surface area contributed by atoms with Crippen LogP contribution < -0.4 is 24.3 Å². The molecule has 1 unspecified atom stereocenters. The first-order valence-electron chi connectivity index (χ1n) is 12.9. The molecule has 1 fully saturated rings. The van der Waals surface area contributed by atoms with Crippen LogP contribution in [0.4, 0.5) is 0 Å². The van der Waals surface area contributed by atoms with Crippen molar-refractivity contribution < 1.29 is 33.3 Å². The van der Waals surface area contributed by atoms with Crippen molar-refractivity contribution in [2.24, 2.45) is 0 Å². The lowest BCUT2D eigenvalue weighted by Crippen LogP contribution is -2.59. The van der Waals surface area contributed by atoms with Crippen LogP contribution in [0.3, 0.4) is 0 Å². The summed E-state index contributed by atoms with van der Waals surface area (Å²) in [5, 5.41) is 2.72. The quantitative estimate of drug-likeness (QED) is 0.449. The number of nitrogens with zero attached hydrogens (tertiary/aromatic N) is 1. The molecule has 3 aromatic rings. The number of hydrogen-bond donors (Lipinski definition) is 1. The minimum absolute atomic E-state index is 0.0369. The van der Waals surface area contributed by atoms with Crippen LogP contribution in [0.5, 0.6) is 23.0 Å². The van der Waals surface area contributed by atoms with Gasteiger partial charge in [0.1, 0.15) is 29.8 Å². The van der Waals surface area contributed by atoms with Gasteiger partial charge < -0.3 is 24.3 Å². The summed E-state index contributed by atoms with van der Waals surface area (Å²) in [5.74, 6) is 0.666. The Balaban J connectivity index is 1.47. The van der Waals surface area contributed by atoms with E-state index >= 15 is 0 Å². The van der Waals surface area contributed by atoms with Gasteiger partial charge >= 0.3 is 0 Å². The molecule has 0 spiro atoms. The SMILES string of the molecule is COc1ccc(CC2C(=O)N/C(=C\c3cc4c(c(C)c3OCc3ccccc3)OCO4)C(=O)N2C(C)=O)cc1C. The standard InChI is InChI=1S/C31H30N2O7/c1-18-12-22(10-11-26(18)37-4)13-25-30(35)32-24(31(36)33(25)20(3)34)14-23-15-27-29(40-17-39-27)19(2)28(23)38-16-21-8-6-5-7-9-21/h5-12,14-15,25H,13,16-17H2,1-4H3,(H,32,35)/b24-14-. The number of fused-ring (bicyclic) bond motifs is 1. The van der Waals surface area contributed by atoms with Crippen LogP contribution in [0.25, 0.3) is 6.08 Å². The van der Waals surface area contributed by atoms with Gasteiger partial charge in [-0.1, -0.05) is 42.5 Å². The average Bonchev–Trinajstić information content (AvgIpc) is 3.41. The third kappa shape index (κ3) is 5.22. The Morgan fingerprint density at radius 3 is 2.55 bits per heavy atom. The predicted octanol–water partition coefficient (Wildman–Crippen LogP) is 4.08. The van der Waals surface area contributed by atoms with Crippen molar-refractivity contribution in [3.05, 3.63) is 88.1 Å². The van der Waals surface area contributed by atoms with Gasteiger partial charge in [-0.15, -0.1) is 0 Å². The first-order chi connectivity index (χ1) is 19.3. The van der Waals surface area contributed by atoms with Crippen LogP contribution in [0.1, 0.15) is 34.7 Å². The number of amides is 3. The molecule has 206 valence electrons. The van der Waals surface area contributed by atoms with Crippen molar-refractivity contribution in [3.8, 4) is 23.0 Å². The maximum absolute atomic E-state index is 13.6. The number of benzene rings is 3. The number of imide groups is 1. The second-order valence-corrected chi connectivity index (χ2v) is 9.69. The van der Waals surface area contributed by atoms with Crippen LogP contribution in [-0.4, -0.2) is 42.6 Å². The van der Waals surface area contributed by atoms with Crippen molar-refractivity contribution in [1.29, 1.82) is 0 Å². The maximum Gasteiger partial charge on any atom is 0.277 e. The summed E-state index contributed by atoms with van der Waals surface area (Å²) in [6, 6.07) is 15.9. The third-order valence-electron chi connectivity index (χ3n) is 6.95. The molecule has 3 amide bonds. The highest BCUT2D eigenvalue weighted by atomic mass is 16.7. The molecule has 0 bridgehead atoms. The molecule has 9 heteroatoms. The van der Waals surface area contributed by atoms with E-state index in [1.165, 1.54) is 13.0 Å². The van der Waals surface area contributed by atoms with Crippen LogP contribution in [-0.2, 0) is 27.4 Å². The van der Waals surface area contributed by atoms with Crippen molar-refractivity contribution in [2.75, 3.05) is 13.9 Å². The smallest absolute Gasteiger partial charge is 0.277 e. The highest BCUT2D eigenvalue weighted by molar-refractivity contribution is 6.14. The molecule has 2 aliphatic heterocycles. The Morgan fingerprint density at radius 1 is 1.07 bits per heavy atom. The number of carbonyl (C=O) groups is 3. The molecule has 0 radical (unpaired) electrons. The second-order valence-electron chi connectivity index (χ2n) is 9.69. The molecule has 3 aromatic carbocycles. The van der Waals surface area contributed by atoms with Gasteiger partial charge in [0.15, 0.2) is 11.5 Å². The van der Waals surface area contributed by atoms with Gasteiger partial charge in [0.05, 0.1) is 7.11 Å². The van der Waals surface area contributed by atoms with Gasteiger partial charge in [0, 0.05) is 24.5 Å². The molecule has 1 atom stereocenters. The second kappa shape index (κ2) is 11.1. The number of hydrogen-bond acceptors (Lipinski definition) is 7. The number of methoxy groups -OCH3 is 1. The van der Waals surface area contributed by atoms with Gasteiger partial charge in [-0.3, -0.25) is 19.3 Å². The van der Waals surface area contributed by atoms with E-state index in [-0.39, 0.29) is 25.5 Å². The van der Waals surface area contributed by atoms with E-state index < -0.39 is 23.8 Å². The Morgan fingerprint density at radius 2 is 1.85 bits per heavy atom. The molecule has 2 aliphatic rings. The zero-order valence-electron chi connectivity index (χ0n) is 22.8. The van der Waals surface area contributed by atoms with E-state index in [0.717, 1.165) is 21.6 Å². The lowest BCUT2D eigenvalue weighted by atomic mass is 9.98. The summed E-state index contributed by atoms with van der Waals surface area (Å²) in [4.78, 5) is 40.6. The minimum Gasteiger partial charge on any atom is -0.496 e. The molecule has 9 nitrogen and oxygen atoms in total. The molecule has 1 saturated heterocycles. The van der Waals surface area contributed by atoms with Crippen molar-refractivity contribution in [2.45, 2.75) is 39.8 Å². The van der Waals surface area contributed by atoms with Crippen LogP contribution in [0.2, 0.25) is 0 Å². The average molecular weight is 543 g/mol. The largest absolute Gasteiger partial charge is 0.496 e. The monoisotopic (exact) mass is 542 g/mol. The molecule has 0 aromatic heterocycles. The van der Waals surface area contributed by atoms with Crippen LogP contribution in [0.15, 0.2) is 60.3 Å². The summed E-state index contributed by atoms with van der Waals surface area (Å²) in [6.45, 7) is 5.35. The van der Waals surface area contributed by atoms with E-state index in [4.69, 9.17) is 18.9 Å². The summed E-state index contributed by atoms with van der Waals surface area (Å²) in [6.07, 6.45) is 1.68. The molecular weight excluding hydrogens is 512 g/mol. The topological polar surface area (TPSA) is 103 Å². The summed E-state index contributed by atoms with van der Waals surface area (Å²) < 4.78 is 22.7. The predicted molar refractivity (Wildman–Crippen MR) is 147 cm³/mol. The number of piperazine rings is 1. The van der Waals surface area contributed by atoms with Crippen molar-refractivity contribution in [3.63, 3.8) is 0 Å². The fourth-order valence-electron chi connectivity index (χ4n) is 4.99.